The Balaban J connectivity index is 1.22. The molecular formula is C18H23N5O3. The normalized spacial score (nSPS) is 28.3. The summed E-state index contributed by atoms with van der Waals surface area (Å²) in [7, 11) is 0. The maximum Gasteiger partial charge on any atom is 0.276 e. The molecule has 3 aliphatic rings. The molecule has 1 aliphatic carbocycles. The summed E-state index contributed by atoms with van der Waals surface area (Å²) in [6, 6.07) is 1.83. The van der Waals surface area contributed by atoms with Crippen LogP contribution in [0, 0.1) is 18.8 Å². The highest BCUT2D eigenvalue weighted by atomic mass is 16.5. The summed E-state index contributed by atoms with van der Waals surface area (Å²) in [6.45, 7) is 4.04. The first-order valence-electron chi connectivity index (χ1n) is 9.43. The van der Waals surface area contributed by atoms with E-state index >= 15 is 0 Å². The second-order valence-corrected chi connectivity index (χ2v) is 7.77. The van der Waals surface area contributed by atoms with Crippen molar-refractivity contribution in [3.8, 4) is 0 Å². The summed E-state index contributed by atoms with van der Waals surface area (Å²) >= 11 is 0. The van der Waals surface area contributed by atoms with Crippen LogP contribution in [0.4, 0.5) is 0 Å². The van der Waals surface area contributed by atoms with Crippen LogP contribution < -0.4 is 0 Å². The van der Waals surface area contributed by atoms with Gasteiger partial charge in [0, 0.05) is 37.4 Å². The van der Waals surface area contributed by atoms with E-state index < -0.39 is 0 Å². The lowest BCUT2D eigenvalue weighted by Gasteiger charge is -2.35. The van der Waals surface area contributed by atoms with Crippen LogP contribution in [0.2, 0.25) is 0 Å². The van der Waals surface area contributed by atoms with Gasteiger partial charge in [-0.2, -0.15) is 5.10 Å². The number of aromatic nitrogens is 4. The molecule has 2 aromatic heterocycles. The predicted octanol–water partition coefficient (Wildman–Crippen LogP) is 1.70. The molecule has 0 aromatic carbocycles. The predicted molar refractivity (Wildman–Crippen MR) is 90.5 cm³/mol. The number of aryl methyl sites for hydroxylation is 1. The highest BCUT2D eigenvalue weighted by Crippen LogP contribution is 2.40. The van der Waals surface area contributed by atoms with Crippen molar-refractivity contribution in [3.05, 3.63) is 29.2 Å². The van der Waals surface area contributed by atoms with Gasteiger partial charge in [0.05, 0.1) is 12.7 Å². The van der Waals surface area contributed by atoms with Crippen LogP contribution in [-0.2, 0) is 11.2 Å². The molecule has 8 heteroatoms. The Morgan fingerprint density at radius 2 is 2.27 bits per heavy atom. The largest absolute Gasteiger partial charge is 0.377 e. The zero-order valence-corrected chi connectivity index (χ0v) is 14.9. The van der Waals surface area contributed by atoms with Gasteiger partial charge in [-0.25, -0.2) is 4.98 Å². The number of nitrogens with one attached hydrogen (secondary N) is 1. The summed E-state index contributed by atoms with van der Waals surface area (Å²) < 4.78 is 11.4. The molecule has 3 fully saturated rings. The molecule has 1 amide bonds. The molecule has 2 aliphatic heterocycles. The third-order valence-corrected chi connectivity index (χ3v) is 5.84. The van der Waals surface area contributed by atoms with Gasteiger partial charge >= 0.3 is 0 Å². The third-order valence-electron chi connectivity index (χ3n) is 5.84. The van der Waals surface area contributed by atoms with Gasteiger partial charge < -0.3 is 14.2 Å². The minimum absolute atomic E-state index is 0.0212. The molecule has 0 radical (unpaired) electrons. The Bertz CT molecular complexity index is 811. The molecule has 1 saturated carbocycles. The molecule has 0 bridgehead atoms. The van der Waals surface area contributed by atoms with Crippen molar-refractivity contribution in [1.82, 2.24) is 25.2 Å². The fourth-order valence-electron chi connectivity index (χ4n) is 4.25. The van der Waals surface area contributed by atoms with Crippen molar-refractivity contribution >= 4 is 5.91 Å². The molecule has 2 aromatic rings. The number of ether oxygens (including phenoxy) is 1. The van der Waals surface area contributed by atoms with Gasteiger partial charge in [-0.1, -0.05) is 5.16 Å². The number of fused-ring (bicyclic) bond motifs is 1. The molecule has 8 nitrogen and oxygen atoms in total. The number of carbonyl (C=O) groups excluding carboxylic acids is 1. The molecule has 4 heterocycles. The van der Waals surface area contributed by atoms with Crippen LogP contribution in [0.3, 0.4) is 0 Å². The highest BCUT2D eigenvalue weighted by molar-refractivity contribution is 5.92. The number of piperidine rings is 1. The molecular weight excluding hydrogens is 334 g/mol. The summed E-state index contributed by atoms with van der Waals surface area (Å²) in [5.74, 6) is 3.76. The zero-order valence-electron chi connectivity index (χ0n) is 14.9. The second kappa shape index (κ2) is 6.19. The molecule has 0 spiro atoms. The zero-order chi connectivity index (χ0) is 17.7. The SMILES string of the molecule is Cc1nc(C[C@@H]2OC[C@@H]3CN(C(=O)c4cc(C5CC5)on4)CC[C@@H]32)n[nH]1. The smallest absolute Gasteiger partial charge is 0.276 e. The van der Waals surface area contributed by atoms with Crippen molar-refractivity contribution in [3.63, 3.8) is 0 Å². The van der Waals surface area contributed by atoms with Gasteiger partial charge in [-0.15, -0.1) is 0 Å². The lowest BCUT2D eigenvalue weighted by Crippen LogP contribution is -2.44. The first-order chi connectivity index (χ1) is 12.7. The Morgan fingerprint density at radius 3 is 3.04 bits per heavy atom. The van der Waals surface area contributed by atoms with E-state index in [0.29, 0.717) is 30.1 Å². The van der Waals surface area contributed by atoms with Crippen molar-refractivity contribution in [2.75, 3.05) is 19.7 Å². The van der Waals surface area contributed by atoms with Crippen molar-refractivity contribution in [2.24, 2.45) is 11.8 Å². The molecule has 1 N–H and O–H groups in total. The van der Waals surface area contributed by atoms with Gasteiger partial charge in [0.15, 0.2) is 11.5 Å². The second-order valence-electron chi connectivity index (χ2n) is 7.77. The number of rotatable bonds is 4. The van der Waals surface area contributed by atoms with E-state index in [9.17, 15) is 4.79 Å². The van der Waals surface area contributed by atoms with Gasteiger partial charge in [0.25, 0.3) is 5.91 Å². The van der Waals surface area contributed by atoms with Crippen LogP contribution in [0.15, 0.2) is 10.6 Å². The summed E-state index contributed by atoms with van der Waals surface area (Å²) in [6.07, 6.45) is 4.09. The first kappa shape index (κ1) is 16.0. The number of H-pyrrole nitrogens is 1. The minimum atomic E-state index is -0.0212. The molecule has 2 saturated heterocycles. The average molecular weight is 357 g/mol. The summed E-state index contributed by atoms with van der Waals surface area (Å²) in [5.41, 5.74) is 0.442. The van der Waals surface area contributed by atoms with Crippen LogP contribution in [0.25, 0.3) is 0 Å². The number of hydrogen-bond donors (Lipinski definition) is 1. The van der Waals surface area contributed by atoms with E-state index in [1.54, 1.807) is 0 Å². The molecule has 0 unspecified atom stereocenters. The van der Waals surface area contributed by atoms with Gasteiger partial charge in [-0.05, 0) is 32.1 Å². The molecule has 138 valence electrons. The quantitative estimate of drug-likeness (QED) is 0.894. The van der Waals surface area contributed by atoms with Crippen LogP contribution in [-0.4, -0.2) is 56.9 Å². The fraction of sp³-hybridized carbons (Fsp3) is 0.667. The Kier molecular flexibility index (Phi) is 3.81. The molecule has 26 heavy (non-hydrogen) atoms. The van der Waals surface area contributed by atoms with Crippen molar-refractivity contribution < 1.29 is 14.1 Å². The molecule has 5 rings (SSSR count). The monoisotopic (exact) mass is 357 g/mol. The first-order valence-corrected chi connectivity index (χ1v) is 9.43. The number of carbonyl (C=O) groups is 1. The summed E-state index contributed by atoms with van der Waals surface area (Å²) in [4.78, 5) is 19.0. The number of likely N-dealkylation sites (tertiary alicyclic amines) is 1. The van der Waals surface area contributed by atoms with Crippen molar-refractivity contribution in [1.29, 1.82) is 0 Å². The van der Waals surface area contributed by atoms with E-state index in [2.05, 4.69) is 20.3 Å². The Labute approximate surface area is 151 Å². The van der Waals surface area contributed by atoms with Crippen molar-refractivity contribution in [2.45, 2.75) is 44.6 Å². The van der Waals surface area contributed by atoms with Gasteiger partial charge in [0.1, 0.15) is 11.6 Å². The molecule has 3 atom stereocenters. The van der Waals surface area contributed by atoms with Gasteiger partial charge in [0.2, 0.25) is 0 Å². The average Bonchev–Trinajstić information content (AvgIpc) is 3.05. The number of nitrogens with zero attached hydrogens (tertiary/aromatic N) is 4. The van der Waals surface area contributed by atoms with E-state index in [4.69, 9.17) is 9.26 Å². The number of amides is 1. The maximum atomic E-state index is 12.8. The number of aromatic amines is 1. The van der Waals surface area contributed by atoms with Crippen LogP contribution in [0.1, 0.15) is 53.1 Å². The van der Waals surface area contributed by atoms with E-state index in [0.717, 1.165) is 56.2 Å². The van der Waals surface area contributed by atoms with E-state index in [1.807, 2.05) is 17.9 Å². The van der Waals surface area contributed by atoms with E-state index in [-0.39, 0.29) is 12.0 Å². The third kappa shape index (κ3) is 2.92. The van der Waals surface area contributed by atoms with Gasteiger partial charge in [-0.3, -0.25) is 9.89 Å². The topological polar surface area (TPSA) is 97.1 Å². The van der Waals surface area contributed by atoms with Crippen LogP contribution >= 0.6 is 0 Å². The summed E-state index contributed by atoms with van der Waals surface area (Å²) in [5, 5.41) is 11.1. The fourth-order valence-corrected chi connectivity index (χ4v) is 4.25. The highest BCUT2D eigenvalue weighted by Gasteiger charge is 2.42. The number of hydrogen-bond acceptors (Lipinski definition) is 6. The Hall–Kier alpha value is -2.22. The minimum Gasteiger partial charge on any atom is -0.377 e. The lowest BCUT2D eigenvalue weighted by molar-refractivity contribution is 0.0600. The Morgan fingerprint density at radius 1 is 1.38 bits per heavy atom. The maximum absolute atomic E-state index is 12.8. The van der Waals surface area contributed by atoms with Crippen LogP contribution in [0.5, 0.6) is 0 Å². The van der Waals surface area contributed by atoms with E-state index in [1.165, 1.54) is 0 Å². The standard InChI is InChI=1S/C18H23N5O3/c1-10-19-17(21-20-10)7-16-13-4-5-23(8-12(13)9-25-16)18(24)14-6-15(26-22-14)11-2-3-11/h6,11-13,16H,2-5,7-9H2,1H3,(H,19,20,21)/t12-,13-,16-/m0/s1. The lowest BCUT2D eigenvalue weighted by atomic mass is 9.83.